The normalized spacial score (nSPS) is 20.6. The van der Waals surface area contributed by atoms with Gasteiger partial charge in [-0.1, -0.05) is 0 Å². The van der Waals surface area contributed by atoms with Crippen LogP contribution in [0.15, 0.2) is 28.2 Å². The monoisotopic (exact) mass is 292 g/mol. The summed E-state index contributed by atoms with van der Waals surface area (Å²) in [7, 11) is 0. The van der Waals surface area contributed by atoms with Crippen LogP contribution in [0.1, 0.15) is 32.4 Å². The third kappa shape index (κ3) is 2.80. The second-order valence-electron chi connectivity index (χ2n) is 5.90. The molecule has 0 amide bonds. The summed E-state index contributed by atoms with van der Waals surface area (Å²) in [5, 5.41) is 13.2. The molecule has 0 aliphatic carbocycles. The Labute approximate surface area is 123 Å². The van der Waals surface area contributed by atoms with E-state index in [4.69, 9.17) is 4.42 Å². The summed E-state index contributed by atoms with van der Waals surface area (Å²) in [6, 6.07) is 4.02. The van der Waals surface area contributed by atoms with Gasteiger partial charge in [0.05, 0.1) is 17.6 Å². The smallest absolute Gasteiger partial charge is 0.162 e. The van der Waals surface area contributed by atoms with Gasteiger partial charge in [-0.05, 0) is 45.4 Å². The zero-order valence-electron chi connectivity index (χ0n) is 11.9. The van der Waals surface area contributed by atoms with Gasteiger partial charge in [-0.2, -0.15) is 0 Å². The molecule has 0 spiro atoms. The molecule has 1 N–H and O–H groups in total. The van der Waals surface area contributed by atoms with Gasteiger partial charge in [-0.3, -0.25) is 4.90 Å². The average molecular weight is 292 g/mol. The lowest BCUT2D eigenvalue weighted by atomic mass is 9.96. The minimum absolute atomic E-state index is 0.219. The number of rotatable bonds is 4. The van der Waals surface area contributed by atoms with Crippen LogP contribution in [0.4, 0.5) is 0 Å². The van der Waals surface area contributed by atoms with Gasteiger partial charge in [0, 0.05) is 18.0 Å². The number of thiazole rings is 1. The first-order chi connectivity index (χ1) is 9.54. The molecule has 1 saturated heterocycles. The molecule has 0 aromatic carbocycles. The van der Waals surface area contributed by atoms with Gasteiger partial charge >= 0.3 is 0 Å². The van der Waals surface area contributed by atoms with E-state index in [1.807, 2.05) is 26.0 Å². The van der Waals surface area contributed by atoms with E-state index in [0.717, 1.165) is 42.4 Å². The maximum absolute atomic E-state index is 10.2. The quantitative estimate of drug-likeness (QED) is 0.940. The molecule has 20 heavy (non-hydrogen) atoms. The Morgan fingerprint density at radius 2 is 2.40 bits per heavy atom. The van der Waals surface area contributed by atoms with Crippen molar-refractivity contribution in [3.05, 3.63) is 29.5 Å². The Morgan fingerprint density at radius 1 is 1.55 bits per heavy atom. The molecule has 3 heterocycles. The van der Waals surface area contributed by atoms with Gasteiger partial charge < -0.3 is 9.52 Å². The van der Waals surface area contributed by atoms with Gasteiger partial charge in [0.15, 0.2) is 10.8 Å². The predicted molar refractivity (Wildman–Crippen MR) is 79.5 cm³/mol. The van der Waals surface area contributed by atoms with Gasteiger partial charge in [0.25, 0.3) is 0 Å². The van der Waals surface area contributed by atoms with Crippen molar-refractivity contribution in [3.63, 3.8) is 0 Å². The molecule has 1 unspecified atom stereocenters. The highest BCUT2D eigenvalue weighted by Gasteiger charge is 2.35. The lowest BCUT2D eigenvalue weighted by molar-refractivity contribution is -0.00530. The molecule has 5 heteroatoms. The number of aromatic nitrogens is 1. The van der Waals surface area contributed by atoms with E-state index in [1.54, 1.807) is 17.6 Å². The summed E-state index contributed by atoms with van der Waals surface area (Å²) in [6.07, 6.45) is 3.86. The van der Waals surface area contributed by atoms with Gasteiger partial charge in [0.2, 0.25) is 0 Å². The van der Waals surface area contributed by atoms with Crippen molar-refractivity contribution in [2.45, 2.75) is 44.9 Å². The zero-order valence-corrected chi connectivity index (χ0v) is 12.7. The second kappa shape index (κ2) is 5.31. The van der Waals surface area contributed by atoms with E-state index in [9.17, 15) is 5.11 Å². The Morgan fingerprint density at radius 3 is 3.10 bits per heavy atom. The van der Waals surface area contributed by atoms with E-state index >= 15 is 0 Å². The first-order valence-electron chi connectivity index (χ1n) is 6.99. The molecule has 1 aliphatic heterocycles. The molecule has 1 fully saturated rings. The van der Waals surface area contributed by atoms with Crippen molar-refractivity contribution in [3.8, 4) is 10.8 Å². The Hall–Kier alpha value is -1.17. The molecule has 0 radical (unpaired) electrons. The fourth-order valence-corrected chi connectivity index (χ4v) is 3.69. The van der Waals surface area contributed by atoms with E-state index in [-0.39, 0.29) is 6.04 Å². The Bertz CT molecular complexity index is 557. The summed E-state index contributed by atoms with van der Waals surface area (Å²) in [5.74, 6) is 0.821. The van der Waals surface area contributed by atoms with Crippen molar-refractivity contribution < 1.29 is 9.52 Å². The molecule has 108 valence electrons. The molecular formula is C15H20N2O2S. The van der Waals surface area contributed by atoms with Crippen LogP contribution in [-0.2, 0) is 6.54 Å². The molecule has 2 aromatic heterocycles. The molecule has 3 rings (SSSR count). The number of likely N-dealkylation sites (tertiary alicyclic amines) is 1. The van der Waals surface area contributed by atoms with Gasteiger partial charge in [-0.25, -0.2) is 4.98 Å². The standard InChI is InChI=1S/C15H20N2O2S/c1-15(2,18)13-6-3-7-17(13)9-11-10-20-14(16-11)12-5-4-8-19-12/h4-5,8,10,13,18H,3,6-7,9H2,1-2H3. The van der Waals surface area contributed by atoms with Crippen molar-refractivity contribution in [1.29, 1.82) is 0 Å². The molecule has 1 atom stereocenters. The molecular weight excluding hydrogens is 272 g/mol. The van der Waals surface area contributed by atoms with E-state index in [0.29, 0.717) is 0 Å². The highest BCUT2D eigenvalue weighted by molar-refractivity contribution is 7.13. The van der Waals surface area contributed by atoms with Crippen LogP contribution in [0.25, 0.3) is 10.8 Å². The minimum atomic E-state index is -0.656. The van der Waals surface area contributed by atoms with Crippen molar-refractivity contribution in [2.75, 3.05) is 6.54 Å². The van der Waals surface area contributed by atoms with Crippen molar-refractivity contribution >= 4 is 11.3 Å². The summed E-state index contributed by atoms with van der Waals surface area (Å²) in [4.78, 5) is 6.97. The van der Waals surface area contributed by atoms with E-state index in [1.165, 1.54) is 0 Å². The lowest BCUT2D eigenvalue weighted by Gasteiger charge is -2.33. The third-order valence-electron chi connectivity index (χ3n) is 3.83. The maximum atomic E-state index is 10.2. The summed E-state index contributed by atoms with van der Waals surface area (Å²) >= 11 is 1.61. The third-order valence-corrected chi connectivity index (χ3v) is 4.73. The van der Waals surface area contributed by atoms with Gasteiger partial charge in [0.1, 0.15) is 0 Å². The highest BCUT2D eigenvalue weighted by atomic mass is 32.1. The van der Waals surface area contributed by atoms with E-state index in [2.05, 4.69) is 15.3 Å². The molecule has 2 aromatic rings. The maximum Gasteiger partial charge on any atom is 0.162 e. The zero-order chi connectivity index (χ0) is 14.2. The Balaban J connectivity index is 1.72. The van der Waals surface area contributed by atoms with Crippen LogP contribution in [-0.4, -0.2) is 33.2 Å². The average Bonchev–Trinajstić information content (AvgIpc) is 3.08. The second-order valence-corrected chi connectivity index (χ2v) is 6.76. The molecule has 0 bridgehead atoms. The van der Waals surface area contributed by atoms with Crippen LogP contribution >= 0.6 is 11.3 Å². The first-order valence-corrected chi connectivity index (χ1v) is 7.87. The van der Waals surface area contributed by atoms with Crippen LogP contribution < -0.4 is 0 Å². The summed E-state index contributed by atoms with van der Waals surface area (Å²) in [6.45, 7) is 5.62. The number of hydrogen-bond acceptors (Lipinski definition) is 5. The summed E-state index contributed by atoms with van der Waals surface area (Å²) < 4.78 is 5.37. The van der Waals surface area contributed by atoms with Crippen molar-refractivity contribution in [2.24, 2.45) is 0 Å². The van der Waals surface area contributed by atoms with Crippen LogP contribution in [0.3, 0.4) is 0 Å². The topological polar surface area (TPSA) is 49.5 Å². The fourth-order valence-electron chi connectivity index (χ4n) is 2.92. The van der Waals surface area contributed by atoms with Crippen molar-refractivity contribution in [1.82, 2.24) is 9.88 Å². The van der Waals surface area contributed by atoms with Crippen LogP contribution in [0.2, 0.25) is 0 Å². The SMILES string of the molecule is CC(C)(O)C1CCCN1Cc1csc(-c2ccco2)n1. The predicted octanol–water partition coefficient (Wildman–Crippen LogP) is 3.14. The highest BCUT2D eigenvalue weighted by Crippen LogP contribution is 2.30. The largest absolute Gasteiger partial charge is 0.462 e. The van der Waals surface area contributed by atoms with E-state index < -0.39 is 5.60 Å². The molecule has 1 aliphatic rings. The fraction of sp³-hybridized carbons (Fsp3) is 0.533. The number of nitrogens with zero attached hydrogens (tertiary/aromatic N) is 2. The van der Waals surface area contributed by atoms with Crippen LogP contribution in [0, 0.1) is 0 Å². The Kier molecular flexibility index (Phi) is 3.67. The van der Waals surface area contributed by atoms with Crippen LogP contribution in [0.5, 0.6) is 0 Å². The molecule has 0 saturated carbocycles. The first kappa shape index (κ1) is 13.8. The number of hydrogen-bond donors (Lipinski definition) is 1. The number of aliphatic hydroxyl groups is 1. The molecule has 4 nitrogen and oxygen atoms in total. The lowest BCUT2D eigenvalue weighted by Crippen LogP contribution is -2.45. The van der Waals surface area contributed by atoms with Gasteiger partial charge in [-0.15, -0.1) is 11.3 Å². The summed E-state index contributed by atoms with van der Waals surface area (Å²) in [5.41, 5.74) is 0.397. The number of furan rings is 1. The minimum Gasteiger partial charge on any atom is -0.462 e.